The third-order valence-corrected chi connectivity index (χ3v) is 4.17. The second kappa shape index (κ2) is 8.24. The minimum absolute atomic E-state index is 0.460. The smallest absolute Gasteiger partial charge is 0.152 e. The lowest BCUT2D eigenvalue weighted by Gasteiger charge is -2.11. The van der Waals surface area contributed by atoms with E-state index in [-0.39, 0.29) is 0 Å². The molecule has 2 aromatic heterocycles. The van der Waals surface area contributed by atoms with Crippen LogP contribution in [0, 0.1) is 0 Å². The number of hydrogen-bond donors (Lipinski definition) is 2. The molecule has 0 saturated heterocycles. The normalized spacial score (nSPS) is 11.6. The lowest BCUT2D eigenvalue weighted by atomic mass is 10.2. The summed E-state index contributed by atoms with van der Waals surface area (Å²) in [6, 6.07) is 8.01. The molecular weight excluding hydrogens is 318 g/mol. The van der Waals surface area contributed by atoms with Crippen molar-refractivity contribution in [2.24, 2.45) is 0 Å². The van der Waals surface area contributed by atoms with Gasteiger partial charge in [0.15, 0.2) is 5.82 Å². The van der Waals surface area contributed by atoms with Crippen molar-refractivity contribution in [3.8, 4) is 0 Å². The number of pyridine rings is 1. The second-order valence-electron chi connectivity index (χ2n) is 5.85. The van der Waals surface area contributed by atoms with Crippen molar-refractivity contribution >= 4 is 27.8 Å². The Balaban J connectivity index is 2.02. The van der Waals surface area contributed by atoms with Crippen molar-refractivity contribution in [3.05, 3.63) is 30.1 Å². The number of aromatic nitrogens is 3. The van der Waals surface area contributed by atoms with Crippen LogP contribution in [0.5, 0.6) is 0 Å². The Hall–Kier alpha value is -2.22. The molecule has 0 aliphatic heterocycles. The largest absolute Gasteiger partial charge is 0.384 e. The number of ether oxygens (including phenoxy) is 2. The summed E-state index contributed by atoms with van der Waals surface area (Å²) < 4.78 is 13.1. The van der Waals surface area contributed by atoms with Gasteiger partial charge in [0.1, 0.15) is 11.3 Å². The molecule has 25 heavy (non-hydrogen) atoms. The van der Waals surface area contributed by atoms with Crippen molar-refractivity contribution in [2.45, 2.75) is 13.0 Å². The van der Waals surface area contributed by atoms with Crippen molar-refractivity contribution in [2.75, 3.05) is 46.3 Å². The molecule has 0 aliphatic carbocycles. The van der Waals surface area contributed by atoms with Crippen LogP contribution in [0.2, 0.25) is 0 Å². The highest BCUT2D eigenvalue weighted by Crippen LogP contribution is 2.28. The minimum Gasteiger partial charge on any atom is -0.384 e. The summed E-state index contributed by atoms with van der Waals surface area (Å²) in [5.74, 6) is 1.40. The van der Waals surface area contributed by atoms with Gasteiger partial charge in [-0.05, 0) is 13.1 Å². The molecule has 2 heterocycles. The van der Waals surface area contributed by atoms with E-state index in [4.69, 9.17) is 20.2 Å². The zero-order valence-electron chi connectivity index (χ0n) is 14.8. The average Bonchev–Trinajstić information content (AvgIpc) is 2.99. The molecule has 0 unspecified atom stereocenters. The van der Waals surface area contributed by atoms with Gasteiger partial charge in [0.2, 0.25) is 0 Å². The first-order valence-electron chi connectivity index (χ1n) is 8.51. The van der Waals surface area contributed by atoms with Crippen molar-refractivity contribution in [1.82, 2.24) is 19.9 Å². The van der Waals surface area contributed by atoms with Crippen LogP contribution in [0.3, 0.4) is 0 Å². The molecule has 3 rings (SSSR count). The first-order valence-corrected chi connectivity index (χ1v) is 8.51. The van der Waals surface area contributed by atoms with E-state index in [1.54, 1.807) is 7.11 Å². The number of methoxy groups -OCH3 is 1. The molecule has 0 amide bonds. The van der Waals surface area contributed by atoms with Crippen LogP contribution < -0.4 is 11.1 Å². The van der Waals surface area contributed by atoms with E-state index in [1.807, 2.05) is 25.2 Å². The number of anilines is 1. The minimum atomic E-state index is 0.460. The third-order valence-electron chi connectivity index (χ3n) is 4.17. The first-order chi connectivity index (χ1) is 12.3. The van der Waals surface area contributed by atoms with Gasteiger partial charge in [0, 0.05) is 32.0 Å². The van der Waals surface area contributed by atoms with Gasteiger partial charge in [-0.1, -0.05) is 18.2 Å². The molecule has 0 saturated carbocycles. The molecule has 0 radical (unpaired) electrons. The van der Waals surface area contributed by atoms with Gasteiger partial charge in [-0.2, -0.15) is 0 Å². The van der Waals surface area contributed by atoms with E-state index >= 15 is 0 Å². The number of nitrogens with two attached hydrogens (primary N) is 1. The van der Waals surface area contributed by atoms with Gasteiger partial charge in [-0.25, -0.2) is 9.97 Å². The summed E-state index contributed by atoms with van der Waals surface area (Å²) in [5, 5.41) is 4.13. The topological polar surface area (TPSA) is 87.2 Å². The molecule has 0 atom stereocenters. The Labute approximate surface area is 147 Å². The van der Waals surface area contributed by atoms with Crippen LogP contribution in [0.4, 0.5) is 5.82 Å². The number of nitrogens with one attached hydrogen (secondary N) is 1. The van der Waals surface area contributed by atoms with Gasteiger partial charge in [-0.15, -0.1) is 0 Å². The number of likely N-dealkylation sites (N-methyl/N-ethyl adjacent to an activating group) is 1. The fourth-order valence-corrected chi connectivity index (χ4v) is 2.96. The summed E-state index contributed by atoms with van der Waals surface area (Å²) >= 11 is 0. The number of nitrogen functional groups attached to an aromatic ring is 1. The van der Waals surface area contributed by atoms with Crippen molar-refractivity contribution < 1.29 is 9.47 Å². The van der Waals surface area contributed by atoms with Crippen LogP contribution in [0.15, 0.2) is 24.3 Å². The van der Waals surface area contributed by atoms with E-state index in [2.05, 4.69) is 20.9 Å². The Bertz CT molecular complexity index is 846. The number of rotatable bonds is 9. The third kappa shape index (κ3) is 3.73. The zero-order valence-corrected chi connectivity index (χ0v) is 14.8. The van der Waals surface area contributed by atoms with E-state index in [9.17, 15) is 0 Å². The molecule has 1 aromatic carbocycles. The fraction of sp³-hybridized carbons (Fsp3) is 0.444. The molecule has 0 fully saturated rings. The average molecular weight is 343 g/mol. The monoisotopic (exact) mass is 343 g/mol. The van der Waals surface area contributed by atoms with Gasteiger partial charge in [0.25, 0.3) is 0 Å². The lowest BCUT2D eigenvalue weighted by Crippen LogP contribution is -2.17. The maximum Gasteiger partial charge on any atom is 0.152 e. The summed E-state index contributed by atoms with van der Waals surface area (Å²) in [7, 11) is 3.61. The molecule has 3 aromatic rings. The number of para-hydroxylation sites is 1. The van der Waals surface area contributed by atoms with Crippen molar-refractivity contribution in [3.63, 3.8) is 0 Å². The summed E-state index contributed by atoms with van der Waals surface area (Å²) in [6.07, 6.45) is 0.718. The summed E-state index contributed by atoms with van der Waals surface area (Å²) in [6.45, 7) is 3.45. The van der Waals surface area contributed by atoms with Gasteiger partial charge in [0.05, 0.1) is 30.9 Å². The predicted molar refractivity (Wildman–Crippen MR) is 99.8 cm³/mol. The Kier molecular flexibility index (Phi) is 5.80. The maximum absolute atomic E-state index is 6.17. The number of fused-ring (bicyclic) bond motifs is 3. The number of benzene rings is 1. The van der Waals surface area contributed by atoms with Crippen LogP contribution in [0.1, 0.15) is 5.82 Å². The van der Waals surface area contributed by atoms with Crippen LogP contribution in [-0.2, 0) is 22.4 Å². The molecule has 0 aliphatic rings. The van der Waals surface area contributed by atoms with Crippen LogP contribution in [-0.4, -0.2) is 55.1 Å². The predicted octanol–water partition coefficient (Wildman–Crippen LogP) is 1.59. The highest BCUT2D eigenvalue weighted by molar-refractivity contribution is 6.06. The highest BCUT2D eigenvalue weighted by atomic mass is 16.5. The van der Waals surface area contributed by atoms with E-state index in [1.165, 1.54) is 0 Å². The van der Waals surface area contributed by atoms with Gasteiger partial charge >= 0.3 is 0 Å². The Morgan fingerprint density at radius 1 is 1.16 bits per heavy atom. The highest BCUT2D eigenvalue weighted by Gasteiger charge is 2.16. The number of hydrogen-bond acceptors (Lipinski definition) is 6. The maximum atomic E-state index is 6.17. The SMILES string of the molecule is CNCCOCCn1c(CCOC)nc2c(N)nc3ccccc3c21. The molecule has 7 nitrogen and oxygen atoms in total. The Morgan fingerprint density at radius 2 is 2.00 bits per heavy atom. The molecular formula is C18H25N5O2. The zero-order chi connectivity index (χ0) is 17.6. The summed E-state index contributed by atoms with van der Waals surface area (Å²) in [5.41, 5.74) is 8.82. The Morgan fingerprint density at radius 3 is 2.80 bits per heavy atom. The molecule has 3 N–H and O–H groups in total. The quantitative estimate of drug-likeness (QED) is 0.574. The van der Waals surface area contributed by atoms with E-state index in [0.717, 1.165) is 40.7 Å². The summed E-state index contributed by atoms with van der Waals surface area (Å²) in [4.78, 5) is 9.23. The molecule has 0 spiro atoms. The van der Waals surface area contributed by atoms with Crippen LogP contribution >= 0.6 is 0 Å². The van der Waals surface area contributed by atoms with Gasteiger partial charge in [-0.3, -0.25) is 0 Å². The van der Waals surface area contributed by atoms with Gasteiger partial charge < -0.3 is 25.1 Å². The molecule has 0 bridgehead atoms. The second-order valence-corrected chi connectivity index (χ2v) is 5.85. The van der Waals surface area contributed by atoms with E-state index < -0.39 is 0 Å². The number of nitrogens with zero attached hydrogens (tertiary/aromatic N) is 3. The molecule has 7 heteroatoms. The molecule has 134 valence electrons. The van der Waals surface area contributed by atoms with Crippen molar-refractivity contribution in [1.29, 1.82) is 0 Å². The first kappa shape index (κ1) is 17.6. The van der Waals surface area contributed by atoms with E-state index in [0.29, 0.717) is 32.2 Å². The van der Waals surface area contributed by atoms with Crippen LogP contribution in [0.25, 0.3) is 21.9 Å². The lowest BCUT2D eigenvalue weighted by molar-refractivity contribution is 0.129. The number of imidazole rings is 1. The standard InChI is InChI=1S/C18H25N5O2/c1-20-8-11-25-12-9-23-15(7-10-24-2)22-16-17(23)13-5-3-4-6-14(13)21-18(16)19/h3-6,20H,7-12H2,1-2H3,(H2,19,21). The fourth-order valence-electron chi connectivity index (χ4n) is 2.96.